The fourth-order valence-corrected chi connectivity index (χ4v) is 2.95. The van der Waals surface area contributed by atoms with Crippen molar-refractivity contribution in [1.82, 2.24) is 10.2 Å². The summed E-state index contributed by atoms with van der Waals surface area (Å²) in [6.45, 7) is 0. The number of carbonyl (C=O) groups is 1. The second-order valence-corrected chi connectivity index (χ2v) is 5.15. The van der Waals surface area contributed by atoms with Gasteiger partial charge in [-0.2, -0.15) is 5.10 Å². The normalized spacial score (nSPS) is 15.7. The van der Waals surface area contributed by atoms with Gasteiger partial charge in [0.25, 0.3) is 0 Å². The summed E-state index contributed by atoms with van der Waals surface area (Å²) in [6.07, 6.45) is 4.18. The minimum Gasteiger partial charge on any atom is -0.477 e. The smallest absolute Gasteiger partial charge is 0.354 e. The molecule has 4 nitrogen and oxygen atoms in total. The quantitative estimate of drug-likeness (QED) is 0.899. The molecule has 0 amide bonds. The molecule has 5 heteroatoms. The van der Waals surface area contributed by atoms with Crippen LogP contribution in [0.1, 0.15) is 47.7 Å². The van der Waals surface area contributed by atoms with Crippen LogP contribution in [0.2, 0.25) is 0 Å². The summed E-state index contributed by atoms with van der Waals surface area (Å²) in [7, 11) is 0. The number of carboxylic acids is 1. The van der Waals surface area contributed by atoms with Gasteiger partial charge < -0.3 is 5.11 Å². The van der Waals surface area contributed by atoms with Crippen LogP contribution in [0.3, 0.4) is 0 Å². The number of carboxylic acid groups (broad SMARTS) is 1. The zero-order valence-electron chi connectivity index (χ0n) is 10.9. The Labute approximate surface area is 115 Å². The highest BCUT2D eigenvalue weighted by Crippen LogP contribution is 2.40. The predicted octanol–water partition coefficient (Wildman–Crippen LogP) is 3.57. The zero-order chi connectivity index (χ0) is 14.1. The molecule has 1 fully saturated rings. The molecule has 1 aromatic heterocycles. The third-order valence-corrected chi connectivity index (χ3v) is 3.90. The number of aromatic amines is 1. The Morgan fingerprint density at radius 2 is 1.90 bits per heavy atom. The average molecular weight is 274 g/mol. The molecule has 1 saturated carbocycles. The maximum atomic E-state index is 13.0. The van der Waals surface area contributed by atoms with Crippen LogP contribution >= 0.6 is 0 Å². The summed E-state index contributed by atoms with van der Waals surface area (Å²) in [6, 6.07) is 6.00. The van der Waals surface area contributed by atoms with Crippen LogP contribution in [0.5, 0.6) is 0 Å². The lowest BCUT2D eigenvalue weighted by atomic mass is 9.92. The minimum atomic E-state index is -0.993. The minimum absolute atomic E-state index is 0.163. The molecule has 0 spiro atoms. The summed E-state index contributed by atoms with van der Waals surface area (Å²) in [4.78, 5) is 11.3. The molecule has 0 unspecified atom stereocenters. The van der Waals surface area contributed by atoms with Crippen LogP contribution < -0.4 is 0 Å². The molecule has 1 aromatic carbocycles. The molecule has 104 valence electrons. The van der Waals surface area contributed by atoms with Crippen molar-refractivity contribution in [2.75, 3.05) is 0 Å². The number of aromatic nitrogens is 2. The van der Waals surface area contributed by atoms with Gasteiger partial charge in [-0.25, -0.2) is 9.18 Å². The first-order chi connectivity index (χ1) is 9.66. The van der Waals surface area contributed by atoms with Gasteiger partial charge in [0, 0.05) is 11.1 Å². The van der Waals surface area contributed by atoms with E-state index in [0.29, 0.717) is 5.69 Å². The first kappa shape index (κ1) is 12.8. The lowest BCUT2D eigenvalue weighted by molar-refractivity contribution is 0.0688. The van der Waals surface area contributed by atoms with Crippen LogP contribution in [-0.4, -0.2) is 21.3 Å². The van der Waals surface area contributed by atoms with E-state index >= 15 is 0 Å². The summed E-state index contributed by atoms with van der Waals surface area (Å²) in [5.41, 5.74) is 2.31. The maximum Gasteiger partial charge on any atom is 0.354 e. The SMILES string of the molecule is O=C(O)c1[nH]nc(-c2ccc(F)cc2)c1C1CCCC1. The average Bonchev–Trinajstić information content (AvgIpc) is 3.08. The fourth-order valence-electron chi connectivity index (χ4n) is 2.95. The van der Waals surface area contributed by atoms with Crippen LogP contribution in [0, 0.1) is 5.82 Å². The number of H-pyrrole nitrogens is 1. The number of hydrogen-bond acceptors (Lipinski definition) is 2. The van der Waals surface area contributed by atoms with Gasteiger partial charge in [0.05, 0.1) is 5.69 Å². The summed E-state index contributed by atoms with van der Waals surface area (Å²) >= 11 is 0. The van der Waals surface area contributed by atoms with E-state index in [1.54, 1.807) is 12.1 Å². The van der Waals surface area contributed by atoms with Crippen molar-refractivity contribution in [3.63, 3.8) is 0 Å². The van der Waals surface area contributed by atoms with Gasteiger partial charge >= 0.3 is 5.97 Å². The fraction of sp³-hybridized carbons (Fsp3) is 0.333. The number of nitrogens with one attached hydrogen (secondary N) is 1. The van der Waals surface area contributed by atoms with Gasteiger partial charge in [0.1, 0.15) is 11.5 Å². The van der Waals surface area contributed by atoms with E-state index in [9.17, 15) is 14.3 Å². The monoisotopic (exact) mass is 274 g/mol. The van der Waals surface area contributed by atoms with E-state index in [2.05, 4.69) is 10.2 Å². The summed E-state index contributed by atoms with van der Waals surface area (Å²) in [5.74, 6) is -1.09. The lowest BCUT2D eigenvalue weighted by Gasteiger charge is -2.11. The molecule has 0 aliphatic heterocycles. The Balaban J connectivity index is 2.10. The van der Waals surface area contributed by atoms with Crippen molar-refractivity contribution in [3.05, 3.63) is 41.3 Å². The second-order valence-electron chi connectivity index (χ2n) is 5.15. The predicted molar refractivity (Wildman–Crippen MR) is 72.2 cm³/mol. The molecular formula is C15H15FN2O2. The molecule has 2 N–H and O–H groups in total. The molecule has 1 aliphatic carbocycles. The van der Waals surface area contributed by atoms with Crippen molar-refractivity contribution in [3.8, 4) is 11.3 Å². The van der Waals surface area contributed by atoms with Gasteiger partial charge in [0.2, 0.25) is 0 Å². The number of rotatable bonds is 3. The molecule has 1 heterocycles. The molecule has 0 bridgehead atoms. The van der Waals surface area contributed by atoms with Crippen molar-refractivity contribution in [2.45, 2.75) is 31.6 Å². The Hall–Kier alpha value is -2.17. The third-order valence-electron chi connectivity index (χ3n) is 3.90. The summed E-state index contributed by atoms with van der Waals surface area (Å²) < 4.78 is 13.0. The van der Waals surface area contributed by atoms with Crippen molar-refractivity contribution in [2.24, 2.45) is 0 Å². The topological polar surface area (TPSA) is 66.0 Å². The number of aromatic carboxylic acids is 1. The first-order valence-electron chi connectivity index (χ1n) is 6.74. The molecule has 2 aromatic rings. The number of hydrogen-bond donors (Lipinski definition) is 2. The van der Waals surface area contributed by atoms with Gasteiger partial charge in [-0.3, -0.25) is 5.10 Å². The zero-order valence-corrected chi connectivity index (χ0v) is 10.9. The highest BCUT2D eigenvalue weighted by Gasteiger charge is 2.28. The maximum absolute atomic E-state index is 13.0. The highest BCUT2D eigenvalue weighted by molar-refractivity contribution is 5.90. The number of benzene rings is 1. The van der Waals surface area contributed by atoms with Gasteiger partial charge in [-0.15, -0.1) is 0 Å². The first-order valence-corrected chi connectivity index (χ1v) is 6.74. The van der Waals surface area contributed by atoms with Crippen LogP contribution in [0.4, 0.5) is 4.39 Å². The van der Waals surface area contributed by atoms with Crippen LogP contribution in [0.25, 0.3) is 11.3 Å². The Kier molecular flexibility index (Phi) is 3.26. The molecule has 0 atom stereocenters. The van der Waals surface area contributed by atoms with Gasteiger partial charge in [-0.1, -0.05) is 12.8 Å². The van der Waals surface area contributed by atoms with Crippen molar-refractivity contribution < 1.29 is 14.3 Å². The summed E-state index contributed by atoms with van der Waals surface area (Å²) in [5, 5.41) is 16.1. The van der Waals surface area contributed by atoms with Crippen LogP contribution in [0.15, 0.2) is 24.3 Å². The lowest BCUT2D eigenvalue weighted by Crippen LogP contribution is -2.05. The van der Waals surface area contributed by atoms with E-state index in [1.807, 2.05) is 0 Å². The standard InChI is InChI=1S/C15H15FN2O2/c16-11-7-5-10(6-8-11)13-12(9-3-1-2-4-9)14(15(19)20)18-17-13/h5-9H,1-4H2,(H,17,18)(H,19,20). The van der Waals surface area contributed by atoms with Crippen LogP contribution in [-0.2, 0) is 0 Å². The van der Waals surface area contributed by atoms with Gasteiger partial charge in [0.15, 0.2) is 0 Å². The molecule has 0 saturated heterocycles. The van der Waals surface area contributed by atoms with E-state index in [-0.39, 0.29) is 17.4 Å². The van der Waals surface area contributed by atoms with E-state index < -0.39 is 5.97 Å². The van der Waals surface area contributed by atoms with Crippen molar-refractivity contribution >= 4 is 5.97 Å². The Morgan fingerprint density at radius 1 is 1.25 bits per heavy atom. The highest BCUT2D eigenvalue weighted by atomic mass is 19.1. The van der Waals surface area contributed by atoms with E-state index in [1.165, 1.54) is 12.1 Å². The van der Waals surface area contributed by atoms with Crippen molar-refractivity contribution in [1.29, 1.82) is 0 Å². The molecular weight excluding hydrogens is 259 g/mol. The Bertz CT molecular complexity index is 628. The van der Waals surface area contributed by atoms with Gasteiger partial charge in [-0.05, 0) is 43.0 Å². The number of nitrogens with zero attached hydrogens (tertiary/aromatic N) is 1. The number of halogens is 1. The largest absolute Gasteiger partial charge is 0.477 e. The second kappa shape index (κ2) is 5.07. The van der Waals surface area contributed by atoms with E-state index in [4.69, 9.17) is 0 Å². The molecule has 20 heavy (non-hydrogen) atoms. The molecule has 1 aliphatic rings. The Morgan fingerprint density at radius 3 is 2.50 bits per heavy atom. The van der Waals surface area contributed by atoms with E-state index in [0.717, 1.165) is 36.8 Å². The molecule has 3 rings (SSSR count). The molecule has 0 radical (unpaired) electrons. The third kappa shape index (κ3) is 2.19.